The van der Waals surface area contributed by atoms with Crippen LogP contribution in [0, 0.1) is 13.8 Å². The number of halogens is 2. The van der Waals surface area contributed by atoms with E-state index in [2.05, 4.69) is 10.4 Å². The normalized spacial score (nSPS) is 10.8. The Kier molecular flexibility index (Phi) is 5.48. The molecule has 1 heterocycles. The molecule has 2 aromatic rings. The summed E-state index contributed by atoms with van der Waals surface area (Å²) in [5.41, 5.74) is 4.08. The van der Waals surface area contributed by atoms with Crippen LogP contribution in [0.3, 0.4) is 0 Å². The first kappa shape index (κ1) is 16.8. The van der Waals surface area contributed by atoms with Crippen LogP contribution in [-0.4, -0.2) is 15.7 Å². The quantitative estimate of drug-likeness (QED) is 0.904. The molecule has 0 spiro atoms. The molecule has 22 heavy (non-hydrogen) atoms. The highest BCUT2D eigenvalue weighted by atomic mass is 35.5. The van der Waals surface area contributed by atoms with Crippen molar-refractivity contribution in [3.63, 3.8) is 0 Å². The van der Waals surface area contributed by atoms with Crippen LogP contribution in [0.15, 0.2) is 18.2 Å². The van der Waals surface area contributed by atoms with Crippen LogP contribution in [0.1, 0.15) is 28.9 Å². The van der Waals surface area contributed by atoms with Gasteiger partial charge in [-0.3, -0.25) is 9.48 Å². The molecule has 1 aromatic heterocycles. The maximum absolute atomic E-state index is 12.0. The predicted molar refractivity (Wildman–Crippen MR) is 89.3 cm³/mol. The molecule has 0 saturated carbocycles. The van der Waals surface area contributed by atoms with Gasteiger partial charge < -0.3 is 5.32 Å². The molecule has 0 atom stereocenters. The third kappa shape index (κ3) is 4.02. The molecule has 0 aliphatic carbocycles. The van der Waals surface area contributed by atoms with Crippen molar-refractivity contribution >= 4 is 29.1 Å². The Balaban J connectivity index is 1.88. The average Bonchev–Trinajstić information content (AvgIpc) is 2.69. The monoisotopic (exact) mass is 339 g/mol. The van der Waals surface area contributed by atoms with Crippen LogP contribution < -0.4 is 5.32 Å². The van der Waals surface area contributed by atoms with E-state index in [4.69, 9.17) is 23.2 Å². The molecule has 118 valence electrons. The molecule has 0 saturated heterocycles. The van der Waals surface area contributed by atoms with Gasteiger partial charge in [-0.05, 0) is 43.5 Å². The van der Waals surface area contributed by atoms with Gasteiger partial charge in [-0.15, -0.1) is 0 Å². The highest BCUT2D eigenvalue weighted by Gasteiger charge is 2.11. The molecule has 0 bridgehead atoms. The Morgan fingerprint density at radius 1 is 1.32 bits per heavy atom. The molecule has 0 aliphatic heterocycles. The van der Waals surface area contributed by atoms with E-state index in [-0.39, 0.29) is 5.91 Å². The third-order valence-corrected chi connectivity index (χ3v) is 4.34. The van der Waals surface area contributed by atoms with Crippen LogP contribution in [0.2, 0.25) is 10.0 Å². The minimum Gasteiger partial charge on any atom is -0.352 e. The number of amides is 1. The zero-order valence-corrected chi connectivity index (χ0v) is 14.4. The Bertz CT molecular complexity index is 695. The average molecular weight is 340 g/mol. The number of carbonyl (C=O) groups is 1. The summed E-state index contributed by atoms with van der Waals surface area (Å²) < 4.78 is 1.84. The van der Waals surface area contributed by atoms with Gasteiger partial charge in [-0.25, -0.2) is 0 Å². The first-order chi connectivity index (χ1) is 10.4. The smallest absolute Gasteiger partial charge is 0.220 e. The SMILES string of the molecule is Cc1nn(C)c(C)c1CCC(=O)NCc1ccc(Cl)cc1Cl. The van der Waals surface area contributed by atoms with Gasteiger partial charge in [0.2, 0.25) is 5.91 Å². The second-order valence-corrected chi connectivity index (χ2v) is 6.13. The third-order valence-electron chi connectivity index (χ3n) is 3.75. The lowest BCUT2D eigenvalue weighted by atomic mass is 10.1. The standard InChI is InChI=1S/C16H19Cl2N3O/c1-10-14(11(2)21(3)20-10)6-7-16(22)19-9-12-4-5-13(17)8-15(12)18/h4-5,8H,6-7,9H2,1-3H3,(H,19,22). The Labute approximate surface area is 140 Å². The zero-order chi connectivity index (χ0) is 16.3. The van der Waals surface area contributed by atoms with Crippen molar-refractivity contribution < 1.29 is 4.79 Å². The highest BCUT2D eigenvalue weighted by molar-refractivity contribution is 6.35. The fourth-order valence-corrected chi connectivity index (χ4v) is 2.84. The summed E-state index contributed by atoms with van der Waals surface area (Å²) in [7, 11) is 1.91. The summed E-state index contributed by atoms with van der Waals surface area (Å²) in [5, 5.41) is 8.39. The first-order valence-corrected chi connectivity index (χ1v) is 7.83. The summed E-state index contributed by atoms with van der Waals surface area (Å²) in [4.78, 5) is 12.0. The molecular formula is C16H19Cl2N3O. The van der Waals surface area contributed by atoms with E-state index in [9.17, 15) is 4.79 Å². The van der Waals surface area contributed by atoms with Gasteiger partial charge in [-0.1, -0.05) is 29.3 Å². The second-order valence-electron chi connectivity index (χ2n) is 5.29. The Hall–Kier alpha value is -1.52. The molecule has 1 N–H and O–H groups in total. The molecule has 4 nitrogen and oxygen atoms in total. The minimum atomic E-state index is -0.00586. The van der Waals surface area contributed by atoms with Crippen LogP contribution >= 0.6 is 23.2 Å². The van der Waals surface area contributed by atoms with E-state index in [1.807, 2.05) is 31.6 Å². The predicted octanol–water partition coefficient (Wildman–Crippen LogP) is 3.59. The van der Waals surface area contributed by atoms with E-state index >= 15 is 0 Å². The molecule has 1 amide bonds. The lowest BCUT2D eigenvalue weighted by molar-refractivity contribution is -0.121. The first-order valence-electron chi connectivity index (χ1n) is 7.08. The van der Waals surface area contributed by atoms with Gasteiger partial charge in [0.05, 0.1) is 5.69 Å². The van der Waals surface area contributed by atoms with Gasteiger partial charge in [0.15, 0.2) is 0 Å². The lowest BCUT2D eigenvalue weighted by Gasteiger charge is -2.08. The minimum absolute atomic E-state index is 0.00586. The topological polar surface area (TPSA) is 46.9 Å². The summed E-state index contributed by atoms with van der Waals surface area (Å²) in [6.45, 7) is 4.38. The summed E-state index contributed by atoms with van der Waals surface area (Å²) in [6, 6.07) is 5.25. The van der Waals surface area contributed by atoms with Gasteiger partial charge in [-0.2, -0.15) is 5.10 Å². The molecule has 0 unspecified atom stereocenters. The number of carbonyl (C=O) groups excluding carboxylic acids is 1. The zero-order valence-electron chi connectivity index (χ0n) is 12.9. The van der Waals surface area contributed by atoms with Gasteiger partial charge in [0, 0.05) is 35.8 Å². The number of nitrogens with zero attached hydrogens (tertiary/aromatic N) is 2. The van der Waals surface area contributed by atoms with Gasteiger partial charge in [0.1, 0.15) is 0 Å². The van der Waals surface area contributed by atoms with E-state index in [1.54, 1.807) is 12.1 Å². The Morgan fingerprint density at radius 3 is 2.64 bits per heavy atom. The fourth-order valence-electron chi connectivity index (χ4n) is 2.37. The molecule has 6 heteroatoms. The summed E-state index contributed by atoms with van der Waals surface area (Å²) >= 11 is 11.9. The molecule has 0 aliphatic rings. The van der Waals surface area contributed by atoms with E-state index < -0.39 is 0 Å². The lowest BCUT2D eigenvalue weighted by Crippen LogP contribution is -2.23. The van der Waals surface area contributed by atoms with Gasteiger partial charge >= 0.3 is 0 Å². The summed E-state index contributed by atoms with van der Waals surface area (Å²) in [5.74, 6) is -0.00586. The molecule has 0 radical (unpaired) electrons. The van der Waals surface area contributed by atoms with Crippen molar-refractivity contribution in [1.29, 1.82) is 0 Å². The number of nitrogens with one attached hydrogen (secondary N) is 1. The van der Waals surface area contributed by atoms with Crippen molar-refractivity contribution in [2.24, 2.45) is 7.05 Å². The summed E-state index contributed by atoms with van der Waals surface area (Å²) in [6.07, 6.45) is 1.12. The van der Waals surface area contributed by atoms with Crippen LogP contribution in [0.5, 0.6) is 0 Å². The number of aryl methyl sites for hydroxylation is 2. The number of rotatable bonds is 5. The van der Waals surface area contributed by atoms with Crippen LogP contribution in [0.4, 0.5) is 0 Å². The molecule has 1 aromatic carbocycles. The second kappa shape index (κ2) is 7.16. The molecular weight excluding hydrogens is 321 g/mol. The van der Waals surface area contributed by atoms with Crippen LogP contribution in [0.25, 0.3) is 0 Å². The van der Waals surface area contributed by atoms with E-state index in [0.717, 1.165) is 22.5 Å². The van der Waals surface area contributed by atoms with Crippen molar-refractivity contribution in [2.75, 3.05) is 0 Å². The largest absolute Gasteiger partial charge is 0.352 e. The number of benzene rings is 1. The van der Waals surface area contributed by atoms with Gasteiger partial charge in [0.25, 0.3) is 0 Å². The van der Waals surface area contributed by atoms with Crippen LogP contribution in [-0.2, 0) is 24.8 Å². The number of hydrogen-bond donors (Lipinski definition) is 1. The number of aromatic nitrogens is 2. The maximum atomic E-state index is 12.0. The number of hydrogen-bond acceptors (Lipinski definition) is 2. The van der Waals surface area contributed by atoms with E-state index in [1.165, 1.54) is 0 Å². The molecule has 2 rings (SSSR count). The van der Waals surface area contributed by atoms with Crippen molar-refractivity contribution in [2.45, 2.75) is 33.2 Å². The Morgan fingerprint density at radius 2 is 2.05 bits per heavy atom. The highest BCUT2D eigenvalue weighted by Crippen LogP contribution is 2.20. The van der Waals surface area contributed by atoms with Crippen molar-refractivity contribution in [3.8, 4) is 0 Å². The van der Waals surface area contributed by atoms with E-state index in [0.29, 0.717) is 29.4 Å². The van der Waals surface area contributed by atoms with Crippen molar-refractivity contribution in [3.05, 3.63) is 50.8 Å². The molecule has 0 fully saturated rings. The fraction of sp³-hybridized carbons (Fsp3) is 0.375. The maximum Gasteiger partial charge on any atom is 0.220 e. The van der Waals surface area contributed by atoms with Crippen molar-refractivity contribution in [1.82, 2.24) is 15.1 Å².